The first-order valence-electron chi connectivity index (χ1n) is 9.68. The standard InChI is InChI=1S/C19H38N2O.ClH/c1-4-6-7-8-9-10-11-12-14-19-20-15-16-21(19)18(13-5-2)17(3)22;/h17-18,22H,4-16H2,1-3H3;1H. The van der Waals surface area contributed by atoms with Crippen molar-refractivity contribution in [3.05, 3.63) is 0 Å². The molecule has 0 aromatic heterocycles. The van der Waals surface area contributed by atoms with E-state index in [2.05, 4.69) is 18.7 Å². The zero-order valence-electron chi connectivity index (χ0n) is 15.6. The van der Waals surface area contributed by atoms with E-state index in [0.29, 0.717) is 0 Å². The summed E-state index contributed by atoms with van der Waals surface area (Å²) < 4.78 is 0. The first-order valence-corrected chi connectivity index (χ1v) is 9.68. The van der Waals surface area contributed by atoms with E-state index in [0.717, 1.165) is 32.4 Å². The normalized spacial score (nSPS) is 16.9. The Balaban J connectivity index is 0.00000484. The third kappa shape index (κ3) is 8.95. The highest BCUT2D eigenvalue weighted by Crippen LogP contribution is 2.19. The number of aliphatic hydroxyl groups excluding tert-OH is 1. The number of amidine groups is 1. The smallest absolute Gasteiger partial charge is 0.0993 e. The number of nitrogens with zero attached hydrogens (tertiary/aromatic N) is 2. The minimum absolute atomic E-state index is 0. The Morgan fingerprint density at radius 1 is 1.00 bits per heavy atom. The SMILES string of the molecule is CCCCCCCCCCC1=NCCN1C(CCC)C(C)O.Cl. The van der Waals surface area contributed by atoms with Crippen LogP contribution in [-0.4, -0.2) is 41.1 Å². The van der Waals surface area contributed by atoms with Gasteiger partial charge in [0.2, 0.25) is 0 Å². The summed E-state index contributed by atoms with van der Waals surface area (Å²) in [4.78, 5) is 7.08. The van der Waals surface area contributed by atoms with Crippen LogP contribution in [0.5, 0.6) is 0 Å². The monoisotopic (exact) mass is 346 g/mol. The van der Waals surface area contributed by atoms with Crippen molar-refractivity contribution >= 4 is 18.2 Å². The second kappa shape index (κ2) is 14.1. The maximum absolute atomic E-state index is 10.0. The number of halogens is 1. The Labute approximate surface area is 150 Å². The fourth-order valence-corrected chi connectivity index (χ4v) is 3.46. The van der Waals surface area contributed by atoms with Crippen molar-refractivity contribution in [3.63, 3.8) is 0 Å². The van der Waals surface area contributed by atoms with Crippen molar-refractivity contribution < 1.29 is 5.11 Å². The van der Waals surface area contributed by atoms with Crippen LogP contribution in [0.15, 0.2) is 4.99 Å². The quantitative estimate of drug-likeness (QED) is 0.465. The zero-order valence-corrected chi connectivity index (χ0v) is 16.4. The lowest BCUT2D eigenvalue weighted by molar-refractivity contribution is 0.0966. The van der Waals surface area contributed by atoms with E-state index >= 15 is 0 Å². The van der Waals surface area contributed by atoms with E-state index in [4.69, 9.17) is 4.99 Å². The van der Waals surface area contributed by atoms with Crippen molar-refractivity contribution in [3.8, 4) is 0 Å². The van der Waals surface area contributed by atoms with E-state index in [9.17, 15) is 5.11 Å². The van der Waals surface area contributed by atoms with Crippen LogP contribution in [-0.2, 0) is 0 Å². The molecule has 1 heterocycles. The highest BCUT2D eigenvalue weighted by Gasteiger charge is 2.27. The number of rotatable bonds is 13. The van der Waals surface area contributed by atoms with Crippen molar-refractivity contribution in [1.29, 1.82) is 0 Å². The summed E-state index contributed by atoms with van der Waals surface area (Å²) in [6, 6.07) is 0.264. The Hall–Kier alpha value is -0.280. The highest BCUT2D eigenvalue weighted by atomic mass is 35.5. The molecule has 1 aliphatic heterocycles. The summed E-state index contributed by atoms with van der Waals surface area (Å²) >= 11 is 0. The van der Waals surface area contributed by atoms with Gasteiger partial charge in [-0.25, -0.2) is 0 Å². The van der Waals surface area contributed by atoms with E-state index in [1.165, 1.54) is 57.2 Å². The van der Waals surface area contributed by atoms with Crippen LogP contribution in [0.2, 0.25) is 0 Å². The van der Waals surface area contributed by atoms with Gasteiger partial charge in [-0.2, -0.15) is 0 Å². The molecule has 0 aromatic carbocycles. The molecule has 2 atom stereocenters. The molecule has 2 unspecified atom stereocenters. The number of hydrogen-bond donors (Lipinski definition) is 1. The topological polar surface area (TPSA) is 35.8 Å². The van der Waals surface area contributed by atoms with Crippen LogP contribution in [0.1, 0.15) is 91.4 Å². The van der Waals surface area contributed by atoms with Gasteiger partial charge in [0.1, 0.15) is 0 Å². The minimum Gasteiger partial charge on any atom is -0.391 e. The molecule has 0 radical (unpaired) electrons. The fraction of sp³-hybridized carbons (Fsp3) is 0.947. The number of aliphatic imine (C=N–C) groups is 1. The van der Waals surface area contributed by atoms with Crippen LogP contribution >= 0.6 is 12.4 Å². The van der Waals surface area contributed by atoms with E-state index in [-0.39, 0.29) is 24.6 Å². The molecule has 1 aliphatic rings. The molecular weight excluding hydrogens is 308 g/mol. The molecule has 3 nitrogen and oxygen atoms in total. The number of hydrogen-bond acceptors (Lipinski definition) is 3. The fourth-order valence-electron chi connectivity index (χ4n) is 3.46. The van der Waals surface area contributed by atoms with Gasteiger partial charge in [-0.15, -0.1) is 12.4 Å². The number of unbranched alkanes of at least 4 members (excludes halogenated alkanes) is 7. The van der Waals surface area contributed by atoms with E-state index < -0.39 is 0 Å². The van der Waals surface area contributed by atoms with Crippen molar-refractivity contribution in [2.75, 3.05) is 13.1 Å². The largest absolute Gasteiger partial charge is 0.391 e. The molecule has 4 heteroatoms. The minimum atomic E-state index is -0.262. The van der Waals surface area contributed by atoms with Gasteiger partial charge >= 0.3 is 0 Å². The predicted molar refractivity (Wildman–Crippen MR) is 104 cm³/mol. The van der Waals surface area contributed by atoms with Gasteiger partial charge in [0, 0.05) is 13.0 Å². The molecule has 1 N–H and O–H groups in total. The van der Waals surface area contributed by atoms with Gasteiger partial charge in [0.05, 0.1) is 24.5 Å². The van der Waals surface area contributed by atoms with Gasteiger partial charge in [-0.1, -0.05) is 65.2 Å². The average molecular weight is 347 g/mol. The molecule has 23 heavy (non-hydrogen) atoms. The first kappa shape index (κ1) is 22.7. The molecule has 0 saturated heterocycles. The first-order chi connectivity index (χ1) is 10.7. The number of aliphatic hydroxyl groups is 1. The van der Waals surface area contributed by atoms with Gasteiger partial charge in [0.15, 0.2) is 0 Å². The van der Waals surface area contributed by atoms with Gasteiger partial charge < -0.3 is 10.0 Å². The summed E-state index contributed by atoms with van der Waals surface area (Å²) in [6.45, 7) is 8.31. The summed E-state index contributed by atoms with van der Waals surface area (Å²) in [5, 5.41) is 10.0. The van der Waals surface area contributed by atoms with Crippen LogP contribution < -0.4 is 0 Å². The van der Waals surface area contributed by atoms with Crippen LogP contribution in [0.4, 0.5) is 0 Å². The Bertz CT molecular complexity index is 308. The molecule has 1 rings (SSSR count). The molecule has 0 amide bonds. The lowest BCUT2D eigenvalue weighted by Gasteiger charge is -2.32. The highest BCUT2D eigenvalue weighted by molar-refractivity contribution is 5.85. The summed E-state index contributed by atoms with van der Waals surface area (Å²) in [5.41, 5.74) is 0. The van der Waals surface area contributed by atoms with Crippen molar-refractivity contribution in [1.82, 2.24) is 4.90 Å². The van der Waals surface area contributed by atoms with Crippen LogP contribution in [0, 0.1) is 0 Å². The van der Waals surface area contributed by atoms with Gasteiger partial charge in [-0.05, 0) is 19.8 Å². The predicted octanol–water partition coefficient (Wildman–Crippen LogP) is 5.20. The lowest BCUT2D eigenvalue weighted by atomic mass is 10.0. The Morgan fingerprint density at radius 3 is 2.17 bits per heavy atom. The van der Waals surface area contributed by atoms with Gasteiger partial charge in [-0.3, -0.25) is 4.99 Å². The van der Waals surface area contributed by atoms with Crippen LogP contribution in [0.3, 0.4) is 0 Å². The Morgan fingerprint density at radius 2 is 1.61 bits per heavy atom. The third-order valence-electron chi connectivity index (χ3n) is 4.76. The average Bonchev–Trinajstić information content (AvgIpc) is 2.95. The molecule has 138 valence electrons. The van der Waals surface area contributed by atoms with Crippen molar-refractivity contribution in [2.24, 2.45) is 4.99 Å². The summed E-state index contributed by atoms with van der Waals surface area (Å²) in [6.07, 6.45) is 13.9. The molecule has 0 spiro atoms. The summed E-state index contributed by atoms with van der Waals surface area (Å²) in [7, 11) is 0. The molecule has 0 aromatic rings. The second-order valence-electron chi connectivity index (χ2n) is 6.81. The molecule has 0 aliphatic carbocycles. The van der Waals surface area contributed by atoms with Gasteiger partial charge in [0.25, 0.3) is 0 Å². The molecular formula is C19H39ClN2O. The van der Waals surface area contributed by atoms with E-state index in [1.54, 1.807) is 0 Å². The molecule has 0 bridgehead atoms. The Kier molecular flexibility index (Phi) is 13.9. The maximum Gasteiger partial charge on any atom is 0.0993 e. The molecule has 0 fully saturated rings. The third-order valence-corrected chi connectivity index (χ3v) is 4.76. The summed E-state index contributed by atoms with van der Waals surface area (Å²) in [5.74, 6) is 1.25. The van der Waals surface area contributed by atoms with Crippen molar-refractivity contribution in [2.45, 2.75) is 104 Å². The molecule has 0 saturated carbocycles. The maximum atomic E-state index is 10.0. The zero-order chi connectivity index (χ0) is 16.2. The van der Waals surface area contributed by atoms with Crippen LogP contribution in [0.25, 0.3) is 0 Å². The second-order valence-corrected chi connectivity index (χ2v) is 6.81. The van der Waals surface area contributed by atoms with E-state index in [1.807, 2.05) is 6.92 Å². The lowest BCUT2D eigenvalue weighted by Crippen LogP contribution is -2.44.